The van der Waals surface area contributed by atoms with E-state index >= 15 is 0 Å². The Bertz CT molecular complexity index is 404. The Kier molecular flexibility index (Phi) is 4.07. The molecule has 0 saturated carbocycles. The van der Waals surface area contributed by atoms with Crippen LogP contribution in [-0.2, 0) is 17.7 Å². The van der Waals surface area contributed by atoms with Gasteiger partial charge >= 0.3 is 0 Å². The van der Waals surface area contributed by atoms with Crippen LogP contribution in [0.2, 0.25) is 0 Å². The normalized spacial score (nSPS) is 16.9. The van der Waals surface area contributed by atoms with E-state index in [1.807, 2.05) is 0 Å². The van der Waals surface area contributed by atoms with Gasteiger partial charge in [0.15, 0.2) is 0 Å². The maximum Gasteiger partial charge on any atom is 0.100 e. The van der Waals surface area contributed by atoms with Crippen LogP contribution >= 0.6 is 0 Å². The third-order valence-electron chi connectivity index (χ3n) is 3.01. The van der Waals surface area contributed by atoms with Crippen molar-refractivity contribution in [1.82, 2.24) is 15.0 Å². The first-order chi connectivity index (χ1) is 8.36. The van der Waals surface area contributed by atoms with Crippen LogP contribution in [0.5, 0.6) is 0 Å². The van der Waals surface area contributed by atoms with Crippen molar-refractivity contribution >= 4 is 0 Å². The largest absolute Gasteiger partial charge is 0.394 e. The second kappa shape index (κ2) is 5.75. The molecule has 1 fully saturated rings. The van der Waals surface area contributed by atoms with Crippen molar-refractivity contribution in [2.24, 2.45) is 0 Å². The smallest absolute Gasteiger partial charge is 0.100 e. The van der Waals surface area contributed by atoms with Gasteiger partial charge in [-0.3, -0.25) is 0 Å². The van der Waals surface area contributed by atoms with Crippen LogP contribution in [0.4, 0.5) is 0 Å². The zero-order valence-corrected chi connectivity index (χ0v) is 9.67. The minimum absolute atomic E-state index is 0.0333. The molecule has 1 aromatic rings. The number of rotatable bonds is 4. The summed E-state index contributed by atoms with van der Waals surface area (Å²) in [6.07, 6.45) is 2.13. The molecule has 6 heteroatoms. The van der Waals surface area contributed by atoms with Crippen molar-refractivity contribution in [3.63, 3.8) is 0 Å². The zero-order valence-electron chi connectivity index (χ0n) is 9.67. The molecule has 0 aromatic carbocycles. The Hall–Kier alpha value is -1.45. The number of nitriles is 1. The molecule has 0 bridgehead atoms. The Balaban J connectivity index is 2.26. The van der Waals surface area contributed by atoms with Crippen molar-refractivity contribution in [3.05, 3.63) is 11.4 Å². The van der Waals surface area contributed by atoms with Crippen molar-refractivity contribution in [3.8, 4) is 6.07 Å². The van der Waals surface area contributed by atoms with Crippen LogP contribution in [0.1, 0.15) is 30.1 Å². The topological polar surface area (TPSA) is 84.0 Å². The average Bonchev–Trinajstić information content (AvgIpc) is 2.74. The highest BCUT2D eigenvalue weighted by Crippen LogP contribution is 2.28. The predicted octanol–water partition coefficient (Wildman–Crippen LogP) is 0.230. The summed E-state index contributed by atoms with van der Waals surface area (Å²) in [4.78, 5) is 0. The van der Waals surface area contributed by atoms with Gasteiger partial charge in [0.2, 0.25) is 0 Å². The number of aliphatic hydroxyl groups excluding tert-OH is 1. The predicted molar refractivity (Wildman–Crippen MR) is 59.2 cm³/mol. The highest BCUT2D eigenvalue weighted by Gasteiger charge is 2.24. The lowest BCUT2D eigenvalue weighted by atomic mass is 9.94. The molecule has 1 N–H and O–H groups in total. The van der Waals surface area contributed by atoms with Crippen LogP contribution in [0, 0.1) is 11.3 Å². The van der Waals surface area contributed by atoms with Crippen LogP contribution < -0.4 is 0 Å². The second-order valence-corrected chi connectivity index (χ2v) is 4.09. The number of hydrogen-bond acceptors (Lipinski definition) is 5. The van der Waals surface area contributed by atoms with Gasteiger partial charge in [-0.25, -0.2) is 4.68 Å². The molecule has 0 unspecified atom stereocenters. The van der Waals surface area contributed by atoms with Gasteiger partial charge < -0.3 is 9.84 Å². The Morgan fingerprint density at radius 3 is 2.88 bits per heavy atom. The summed E-state index contributed by atoms with van der Waals surface area (Å²) in [6.45, 7) is 1.94. The molecule has 2 heterocycles. The van der Waals surface area contributed by atoms with Crippen molar-refractivity contribution < 1.29 is 9.84 Å². The average molecular weight is 236 g/mol. The summed E-state index contributed by atoms with van der Waals surface area (Å²) in [5.74, 6) is 0.341. The summed E-state index contributed by atoms with van der Waals surface area (Å²) in [5.41, 5.74) is 1.75. The van der Waals surface area contributed by atoms with E-state index in [1.54, 1.807) is 4.68 Å². The van der Waals surface area contributed by atoms with E-state index in [9.17, 15) is 0 Å². The molecule has 17 heavy (non-hydrogen) atoms. The van der Waals surface area contributed by atoms with Gasteiger partial charge in [-0.05, 0) is 12.8 Å². The van der Waals surface area contributed by atoms with Crippen LogP contribution in [-0.4, -0.2) is 39.9 Å². The first-order valence-corrected chi connectivity index (χ1v) is 5.84. The van der Waals surface area contributed by atoms with Gasteiger partial charge in [-0.2, -0.15) is 5.26 Å². The van der Waals surface area contributed by atoms with E-state index in [1.165, 1.54) is 0 Å². The van der Waals surface area contributed by atoms with Gasteiger partial charge in [-0.1, -0.05) is 5.21 Å². The highest BCUT2D eigenvalue weighted by atomic mass is 16.5. The van der Waals surface area contributed by atoms with Crippen molar-refractivity contribution in [2.75, 3.05) is 19.8 Å². The zero-order chi connectivity index (χ0) is 12.1. The molecule has 0 spiro atoms. The summed E-state index contributed by atoms with van der Waals surface area (Å²) >= 11 is 0. The fourth-order valence-corrected chi connectivity index (χ4v) is 2.23. The second-order valence-electron chi connectivity index (χ2n) is 4.09. The SMILES string of the molecule is N#CCc1nnn(CCO)c1C1CCOCC1. The van der Waals surface area contributed by atoms with E-state index in [0.717, 1.165) is 37.4 Å². The van der Waals surface area contributed by atoms with Gasteiger partial charge in [0.25, 0.3) is 0 Å². The molecule has 0 atom stereocenters. The third kappa shape index (κ3) is 2.62. The molecular formula is C11H16N4O2. The first-order valence-electron chi connectivity index (χ1n) is 5.84. The molecule has 1 saturated heterocycles. The van der Waals surface area contributed by atoms with E-state index < -0.39 is 0 Å². The van der Waals surface area contributed by atoms with Gasteiger partial charge in [0.05, 0.1) is 31.3 Å². The quantitative estimate of drug-likeness (QED) is 0.809. The minimum atomic E-state index is 0.0333. The Morgan fingerprint density at radius 1 is 1.47 bits per heavy atom. The lowest BCUT2D eigenvalue weighted by Crippen LogP contribution is -2.19. The Labute approximate surface area is 99.8 Å². The van der Waals surface area contributed by atoms with Crippen molar-refractivity contribution in [2.45, 2.75) is 31.7 Å². The van der Waals surface area contributed by atoms with Gasteiger partial charge in [-0.15, -0.1) is 5.10 Å². The summed E-state index contributed by atoms with van der Waals surface area (Å²) in [7, 11) is 0. The van der Waals surface area contributed by atoms with E-state index in [-0.39, 0.29) is 13.0 Å². The number of aliphatic hydroxyl groups is 1. The van der Waals surface area contributed by atoms with Crippen molar-refractivity contribution in [1.29, 1.82) is 5.26 Å². The maximum atomic E-state index is 9.00. The molecule has 1 aliphatic rings. The number of hydrogen-bond donors (Lipinski definition) is 1. The first kappa shape index (κ1) is 12.0. The van der Waals surface area contributed by atoms with Gasteiger partial charge in [0.1, 0.15) is 5.69 Å². The number of aromatic nitrogens is 3. The van der Waals surface area contributed by atoms with Crippen LogP contribution in [0.15, 0.2) is 0 Å². The Morgan fingerprint density at radius 2 is 2.24 bits per heavy atom. The lowest BCUT2D eigenvalue weighted by molar-refractivity contribution is 0.0830. The highest BCUT2D eigenvalue weighted by molar-refractivity contribution is 5.19. The monoisotopic (exact) mass is 236 g/mol. The van der Waals surface area contributed by atoms with E-state index in [0.29, 0.717) is 12.5 Å². The lowest BCUT2D eigenvalue weighted by Gasteiger charge is -2.23. The minimum Gasteiger partial charge on any atom is -0.394 e. The molecular weight excluding hydrogens is 220 g/mol. The number of nitrogens with zero attached hydrogens (tertiary/aromatic N) is 4. The molecule has 92 valence electrons. The van der Waals surface area contributed by atoms with E-state index in [2.05, 4.69) is 16.4 Å². The molecule has 6 nitrogen and oxygen atoms in total. The van der Waals surface area contributed by atoms with Crippen LogP contribution in [0.3, 0.4) is 0 Å². The maximum absolute atomic E-state index is 9.00. The van der Waals surface area contributed by atoms with Crippen LogP contribution in [0.25, 0.3) is 0 Å². The molecule has 1 aliphatic heterocycles. The standard InChI is InChI=1S/C11H16N4O2/c12-4-1-10-11(9-2-7-17-8-3-9)15(5-6-16)14-13-10/h9,16H,1-3,5-8H2. The fourth-order valence-electron chi connectivity index (χ4n) is 2.23. The third-order valence-corrected chi connectivity index (χ3v) is 3.01. The summed E-state index contributed by atoms with van der Waals surface area (Å²) < 4.78 is 7.06. The molecule has 0 amide bonds. The fraction of sp³-hybridized carbons (Fsp3) is 0.727. The summed E-state index contributed by atoms with van der Waals surface area (Å²) in [6, 6.07) is 2.11. The molecule has 2 rings (SSSR count). The van der Waals surface area contributed by atoms with Gasteiger partial charge in [0, 0.05) is 19.1 Å². The molecule has 1 aromatic heterocycles. The number of ether oxygens (including phenoxy) is 1. The summed E-state index contributed by atoms with van der Waals surface area (Å²) in [5, 5.41) is 25.8. The molecule has 0 aliphatic carbocycles. The van der Waals surface area contributed by atoms with E-state index in [4.69, 9.17) is 15.1 Å². The molecule has 0 radical (unpaired) electrons.